The summed E-state index contributed by atoms with van der Waals surface area (Å²) in [5.41, 5.74) is 8.86. The van der Waals surface area contributed by atoms with Gasteiger partial charge in [-0.1, -0.05) is 36.4 Å². The summed E-state index contributed by atoms with van der Waals surface area (Å²) in [6.45, 7) is 0.372. The van der Waals surface area contributed by atoms with Gasteiger partial charge in [-0.05, 0) is 40.6 Å². The van der Waals surface area contributed by atoms with Crippen LogP contribution in [-0.2, 0) is 0 Å². The number of benzene rings is 3. The van der Waals surface area contributed by atoms with Crippen LogP contribution in [0.25, 0.3) is 10.8 Å². The highest BCUT2D eigenvalue weighted by Gasteiger charge is 2.23. The van der Waals surface area contributed by atoms with Crippen molar-refractivity contribution in [1.82, 2.24) is 4.98 Å². The van der Waals surface area contributed by atoms with Crippen molar-refractivity contribution in [1.29, 1.82) is 0 Å². The largest absolute Gasteiger partial charge is 0.492 e. The molecular formula is C26H22N2O4. The molecule has 3 N–H and O–H groups in total. The van der Waals surface area contributed by atoms with Crippen molar-refractivity contribution in [3.63, 3.8) is 0 Å². The third kappa shape index (κ3) is 3.70. The number of fused-ring (bicyclic) bond motifs is 2. The van der Waals surface area contributed by atoms with E-state index < -0.39 is 12.3 Å². The van der Waals surface area contributed by atoms with Crippen LogP contribution < -0.4 is 15.2 Å². The minimum absolute atomic E-state index is 0.0745. The van der Waals surface area contributed by atoms with Gasteiger partial charge in [-0.25, -0.2) is 0 Å². The Kier molecular flexibility index (Phi) is 5.31. The number of hydrogen-bond donors (Lipinski definition) is 2. The number of carbonyl (C=O) groups excluding carboxylic acids is 1. The van der Waals surface area contributed by atoms with Gasteiger partial charge in [0.25, 0.3) is 0 Å². The number of carbonyl (C=O) groups is 1. The SMILES string of the molecule is NC(O)c1ccc([C@@H](Oc2ccc3c(c2)OCCC3=O)c2ccncc2)c2ccccc12. The van der Waals surface area contributed by atoms with E-state index in [0.717, 1.165) is 21.9 Å². The number of ether oxygens (including phenoxy) is 2. The van der Waals surface area contributed by atoms with Crippen molar-refractivity contribution in [3.05, 3.63) is 101 Å². The van der Waals surface area contributed by atoms with E-state index in [9.17, 15) is 9.90 Å². The molecule has 0 saturated heterocycles. The molecule has 0 amide bonds. The minimum Gasteiger partial charge on any atom is -0.492 e. The van der Waals surface area contributed by atoms with Crippen LogP contribution in [0.4, 0.5) is 0 Å². The van der Waals surface area contributed by atoms with Crippen LogP contribution in [-0.4, -0.2) is 22.5 Å². The number of aliphatic hydroxyl groups is 1. The van der Waals surface area contributed by atoms with Gasteiger partial charge < -0.3 is 20.3 Å². The lowest BCUT2D eigenvalue weighted by Gasteiger charge is -2.24. The fourth-order valence-corrected chi connectivity index (χ4v) is 4.13. The molecule has 2 heterocycles. The molecule has 1 unspecified atom stereocenters. The summed E-state index contributed by atoms with van der Waals surface area (Å²) in [4.78, 5) is 16.3. The highest BCUT2D eigenvalue weighted by molar-refractivity contribution is 5.99. The summed E-state index contributed by atoms with van der Waals surface area (Å²) in [6, 6.07) is 20.7. The van der Waals surface area contributed by atoms with Crippen molar-refractivity contribution in [2.24, 2.45) is 5.73 Å². The van der Waals surface area contributed by atoms with Gasteiger partial charge in [0.05, 0.1) is 12.2 Å². The Morgan fingerprint density at radius 1 is 0.969 bits per heavy atom. The zero-order chi connectivity index (χ0) is 22.1. The van der Waals surface area contributed by atoms with Crippen molar-refractivity contribution in [3.8, 4) is 11.5 Å². The minimum atomic E-state index is -1.08. The van der Waals surface area contributed by atoms with Gasteiger partial charge in [-0.15, -0.1) is 0 Å². The monoisotopic (exact) mass is 426 g/mol. The predicted octanol–water partition coefficient (Wildman–Crippen LogP) is 4.32. The Bertz CT molecular complexity index is 1290. The highest BCUT2D eigenvalue weighted by atomic mass is 16.5. The first kappa shape index (κ1) is 20.2. The molecule has 0 spiro atoms. The predicted molar refractivity (Wildman–Crippen MR) is 121 cm³/mol. The molecule has 2 atom stereocenters. The van der Waals surface area contributed by atoms with E-state index in [1.54, 1.807) is 30.6 Å². The zero-order valence-corrected chi connectivity index (χ0v) is 17.3. The molecule has 32 heavy (non-hydrogen) atoms. The first-order valence-electron chi connectivity index (χ1n) is 10.4. The van der Waals surface area contributed by atoms with Crippen molar-refractivity contribution in [2.45, 2.75) is 18.8 Å². The van der Waals surface area contributed by atoms with Crippen LogP contribution in [0.3, 0.4) is 0 Å². The lowest BCUT2D eigenvalue weighted by atomic mass is 9.93. The molecule has 6 heteroatoms. The Hall–Kier alpha value is -3.74. The quantitative estimate of drug-likeness (QED) is 0.462. The van der Waals surface area contributed by atoms with E-state index in [4.69, 9.17) is 15.2 Å². The molecule has 1 aromatic heterocycles. The molecule has 1 aliphatic rings. The molecule has 160 valence electrons. The van der Waals surface area contributed by atoms with E-state index in [-0.39, 0.29) is 5.78 Å². The fourth-order valence-electron chi connectivity index (χ4n) is 4.13. The van der Waals surface area contributed by atoms with Gasteiger partial charge in [-0.3, -0.25) is 9.78 Å². The number of rotatable bonds is 5. The molecule has 1 aliphatic heterocycles. The van der Waals surface area contributed by atoms with Crippen molar-refractivity contribution >= 4 is 16.6 Å². The third-order valence-corrected chi connectivity index (χ3v) is 5.70. The maximum atomic E-state index is 12.1. The number of aliphatic hydroxyl groups excluding tert-OH is 1. The summed E-state index contributed by atoms with van der Waals surface area (Å²) >= 11 is 0. The molecule has 0 fully saturated rings. The topological polar surface area (TPSA) is 94.7 Å². The van der Waals surface area contributed by atoms with E-state index in [1.165, 1.54) is 0 Å². The van der Waals surface area contributed by atoms with Gasteiger partial charge in [0.1, 0.15) is 23.8 Å². The Morgan fingerprint density at radius 3 is 2.44 bits per heavy atom. The first-order chi connectivity index (χ1) is 15.6. The second kappa shape index (κ2) is 8.42. The summed E-state index contributed by atoms with van der Waals surface area (Å²) in [5.74, 6) is 1.20. The average Bonchev–Trinajstić information content (AvgIpc) is 2.82. The van der Waals surface area contributed by atoms with Gasteiger partial charge >= 0.3 is 0 Å². The summed E-state index contributed by atoms with van der Waals surface area (Å²) in [7, 11) is 0. The summed E-state index contributed by atoms with van der Waals surface area (Å²) in [6.07, 6.45) is 2.30. The number of ketones is 1. The second-order valence-corrected chi connectivity index (χ2v) is 7.69. The molecule has 3 aromatic carbocycles. The smallest absolute Gasteiger partial charge is 0.169 e. The van der Waals surface area contributed by atoms with Gasteiger partial charge in [0.15, 0.2) is 5.78 Å². The first-order valence-corrected chi connectivity index (χ1v) is 10.4. The maximum Gasteiger partial charge on any atom is 0.169 e. The molecule has 0 saturated carbocycles. The van der Waals surface area contributed by atoms with E-state index >= 15 is 0 Å². The Morgan fingerprint density at radius 2 is 1.69 bits per heavy atom. The van der Waals surface area contributed by atoms with Crippen LogP contribution >= 0.6 is 0 Å². The molecule has 5 rings (SSSR count). The molecule has 6 nitrogen and oxygen atoms in total. The van der Waals surface area contributed by atoms with Crippen LogP contribution in [0.2, 0.25) is 0 Å². The number of aromatic nitrogens is 1. The van der Waals surface area contributed by atoms with Crippen molar-refractivity contribution < 1.29 is 19.4 Å². The molecule has 0 aliphatic carbocycles. The molecule has 4 aromatic rings. The summed E-state index contributed by atoms with van der Waals surface area (Å²) in [5, 5.41) is 11.8. The van der Waals surface area contributed by atoms with Crippen LogP contribution in [0, 0.1) is 0 Å². The van der Waals surface area contributed by atoms with Gasteiger partial charge in [0, 0.05) is 36.0 Å². The summed E-state index contributed by atoms with van der Waals surface area (Å²) < 4.78 is 12.2. The van der Waals surface area contributed by atoms with Crippen molar-refractivity contribution in [2.75, 3.05) is 6.61 Å². The Balaban J connectivity index is 1.62. The van der Waals surface area contributed by atoms with Crippen LogP contribution in [0.5, 0.6) is 11.5 Å². The maximum absolute atomic E-state index is 12.1. The van der Waals surface area contributed by atoms with E-state index in [0.29, 0.717) is 35.7 Å². The number of nitrogens with two attached hydrogens (primary N) is 1. The third-order valence-electron chi connectivity index (χ3n) is 5.70. The van der Waals surface area contributed by atoms with E-state index in [2.05, 4.69) is 4.98 Å². The van der Waals surface area contributed by atoms with E-state index in [1.807, 2.05) is 48.5 Å². The number of pyridine rings is 1. The standard InChI is InChI=1S/C26H22N2O4/c27-26(30)21-8-7-20(18-3-1-2-4-19(18)21)25(16-9-12-28-13-10-16)32-17-5-6-22-23(29)11-14-31-24(22)15-17/h1-10,12-13,15,25-26,30H,11,14,27H2/t25-,26?/m0/s1. The zero-order valence-electron chi connectivity index (χ0n) is 17.3. The van der Waals surface area contributed by atoms with Crippen LogP contribution in [0.15, 0.2) is 79.1 Å². The number of hydrogen-bond acceptors (Lipinski definition) is 6. The number of Topliss-reactive ketones (excluding diaryl/α,β-unsaturated/α-hetero) is 1. The second-order valence-electron chi connectivity index (χ2n) is 7.69. The highest BCUT2D eigenvalue weighted by Crippen LogP contribution is 2.37. The molecule has 0 bridgehead atoms. The Labute approximate surface area is 185 Å². The lowest BCUT2D eigenvalue weighted by Crippen LogP contribution is -2.16. The van der Waals surface area contributed by atoms with Crippen LogP contribution in [0.1, 0.15) is 45.8 Å². The van der Waals surface area contributed by atoms with Gasteiger partial charge in [-0.2, -0.15) is 0 Å². The number of nitrogens with zero attached hydrogens (tertiary/aromatic N) is 1. The molecular weight excluding hydrogens is 404 g/mol. The molecule has 0 radical (unpaired) electrons. The fraction of sp³-hybridized carbons (Fsp3) is 0.154. The normalized spacial score (nSPS) is 15.0. The van der Waals surface area contributed by atoms with Gasteiger partial charge in [0.2, 0.25) is 0 Å². The average molecular weight is 426 g/mol. The lowest BCUT2D eigenvalue weighted by molar-refractivity contribution is 0.0933.